The lowest BCUT2D eigenvalue weighted by molar-refractivity contribution is -0.137. The number of aliphatic imine (C=N–C) groups is 1. The number of rotatable bonds is 2. The van der Waals surface area contributed by atoms with E-state index in [0.717, 1.165) is 22.5 Å². The van der Waals surface area contributed by atoms with E-state index >= 15 is 0 Å². The lowest BCUT2D eigenvalue weighted by Crippen LogP contribution is -2.10. The van der Waals surface area contributed by atoms with Gasteiger partial charge in [0.05, 0.1) is 22.3 Å². The van der Waals surface area contributed by atoms with Gasteiger partial charge in [-0.15, -0.1) is 0 Å². The minimum atomic E-state index is -4.68. The third-order valence-electron chi connectivity index (χ3n) is 7.25. The predicted octanol–water partition coefficient (Wildman–Crippen LogP) is 7.53. The van der Waals surface area contributed by atoms with Crippen LogP contribution in [0.1, 0.15) is 22.3 Å². The smallest absolute Gasteiger partial charge is 0.236 e. The molecule has 2 aromatic heterocycles. The zero-order chi connectivity index (χ0) is 28.3. The van der Waals surface area contributed by atoms with E-state index in [0.29, 0.717) is 44.5 Å². The highest BCUT2D eigenvalue weighted by Crippen LogP contribution is 2.46. The highest BCUT2D eigenvalue weighted by atomic mass is 19.4. The van der Waals surface area contributed by atoms with Crippen molar-refractivity contribution < 1.29 is 13.2 Å². The van der Waals surface area contributed by atoms with Crippen molar-refractivity contribution in [3.8, 4) is 40.1 Å². The molecule has 0 saturated heterocycles. The maximum absolute atomic E-state index is 14.5. The maximum atomic E-state index is 14.5. The molecular formula is C32H17F3N6. The van der Waals surface area contributed by atoms with Gasteiger partial charge < -0.3 is 0 Å². The number of nitrogens with zero attached hydrogens (tertiary/aromatic N) is 6. The summed E-state index contributed by atoms with van der Waals surface area (Å²) in [7, 11) is 0. The van der Waals surface area contributed by atoms with E-state index in [9.17, 15) is 18.4 Å². The average molecular weight is 543 g/mol. The second-order valence-corrected chi connectivity index (χ2v) is 9.72. The van der Waals surface area contributed by atoms with Gasteiger partial charge in [-0.05, 0) is 53.9 Å². The molecule has 0 fully saturated rings. The molecular weight excluding hydrogens is 525 g/mol. The molecule has 4 aromatic carbocycles. The lowest BCUT2D eigenvalue weighted by atomic mass is 9.95. The van der Waals surface area contributed by atoms with Crippen LogP contribution in [0.3, 0.4) is 0 Å². The fourth-order valence-electron chi connectivity index (χ4n) is 5.32. The van der Waals surface area contributed by atoms with Crippen LogP contribution >= 0.6 is 0 Å². The van der Waals surface area contributed by atoms with Crippen molar-refractivity contribution in [3.05, 3.63) is 107 Å². The second-order valence-electron chi connectivity index (χ2n) is 9.72. The number of hydrogen-bond acceptors (Lipinski definition) is 6. The van der Waals surface area contributed by atoms with Gasteiger partial charge in [-0.25, -0.2) is 19.9 Å². The van der Waals surface area contributed by atoms with Crippen LogP contribution in [0.15, 0.2) is 90.2 Å². The molecule has 0 bridgehead atoms. The Morgan fingerprint density at radius 2 is 1.22 bits per heavy atom. The third kappa shape index (κ3) is 4.00. The first-order chi connectivity index (χ1) is 19.8. The zero-order valence-electron chi connectivity index (χ0n) is 21.4. The first-order valence-corrected chi connectivity index (χ1v) is 12.6. The van der Waals surface area contributed by atoms with Crippen molar-refractivity contribution in [2.75, 3.05) is 0 Å². The Hall–Kier alpha value is -5.49. The molecule has 1 aliphatic carbocycles. The summed E-state index contributed by atoms with van der Waals surface area (Å²) in [5.74, 6) is 0.407. The van der Waals surface area contributed by atoms with Crippen molar-refractivity contribution >= 4 is 27.5 Å². The van der Waals surface area contributed by atoms with Crippen LogP contribution < -0.4 is 0 Å². The van der Waals surface area contributed by atoms with Crippen molar-refractivity contribution in [2.24, 2.45) is 4.99 Å². The van der Waals surface area contributed by atoms with Gasteiger partial charge in [-0.2, -0.15) is 23.4 Å². The standard InChI is InChI=1S/C32H17F3N6/c1-17-10-21-22-13-26(32(33,34)35)25(31-38-15-19-7-3-5-9-28(19)41-31)12-24(22)29(39-16-36)23(21)11-20(17)30-37-14-18-6-2-4-8-27(18)40-30/h2-15H,1H3. The van der Waals surface area contributed by atoms with Crippen molar-refractivity contribution in [2.45, 2.75) is 13.1 Å². The van der Waals surface area contributed by atoms with Crippen molar-refractivity contribution in [1.29, 1.82) is 5.26 Å². The number of halogens is 3. The van der Waals surface area contributed by atoms with Gasteiger partial charge in [0, 0.05) is 45.4 Å². The first kappa shape index (κ1) is 24.5. The van der Waals surface area contributed by atoms with Gasteiger partial charge >= 0.3 is 6.18 Å². The van der Waals surface area contributed by atoms with E-state index in [1.807, 2.05) is 43.4 Å². The van der Waals surface area contributed by atoms with Crippen LogP contribution in [0.4, 0.5) is 13.2 Å². The van der Waals surface area contributed by atoms with Gasteiger partial charge in [0.25, 0.3) is 0 Å². The number of benzene rings is 4. The van der Waals surface area contributed by atoms with Crippen LogP contribution in [-0.4, -0.2) is 25.6 Å². The van der Waals surface area contributed by atoms with E-state index in [-0.39, 0.29) is 17.1 Å². The van der Waals surface area contributed by atoms with Crippen LogP contribution in [0, 0.1) is 18.4 Å². The summed E-state index contributed by atoms with van der Waals surface area (Å²) in [6.45, 7) is 1.86. The topological polar surface area (TPSA) is 87.7 Å². The lowest BCUT2D eigenvalue weighted by Gasteiger charge is -2.15. The Kier molecular flexibility index (Phi) is 5.41. The first-order valence-electron chi connectivity index (χ1n) is 12.6. The molecule has 1 aliphatic rings. The molecule has 9 heteroatoms. The summed E-state index contributed by atoms with van der Waals surface area (Å²) in [4.78, 5) is 22.0. The Balaban J connectivity index is 1.45. The van der Waals surface area contributed by atoms with E-state index in [2.05, 4.69) is 19.9 Å². The van der Waals surface area contributed by atoms with Gasteiger partial charge in [-0.1, -0.05) is 42.5 Å². The van der Waals surface area contributed by atoms with Gasteiger partial charge in [0.2, 0.25) is 6.19 Å². The molecule has 0 unspecified atom stereocenters. The zero-order valence-corrected chi connectivity index (χ0v) is 21.4. The molecule has 41 heavy (non-hydrogen) atoms. The Morgan fingerprint density at radius 3 is 1.80 bits per heavy atom. The number of nitriles is 1. The molecule has 0 spiro atoms. The summed E-state index contributed by atoms with van der Waals surface area (Å²) in [5.41, 5.74) is 3.80. The van der Waals surface area contributed by atoms with Crippen molar-refractivity contribution in [3.63, 3.8) is 0 Å². The third-order valence-corrected chi connectivity index (χ3v) is 7.25. The summed E-state index contributed by atoms with van der Waals surface area (Å²) in [5, 5.41) is 11.2. The highest BCUT2D eigenvalue weighted by molar-refractivity contribution is 6.25. The molecule has 0 atom stereocenters. The highest BCUT2D eigenvalue weighted by Gasteiger charge is 2.38. The number of hydrogen-bond donors (Lipinski definition) is 0. The number of para-hydroxylation sites is 2. The normalized spacial score (nSPS) is 13.4. The molecule has 7 rings (SSSR count). The van der Waals surface area contributed by atoms with Crippen LogP contribution in [-0.2, 0) is 6.18 Å². The Morgan fingerprint density at radius 1 is 0.683 bits per heavy atom. The minimum absolute atomic E-state index is 0.0625. The quantitative estimate of drug-likeness (QED) is 0.211. The number of fused-ring (bicyclic) bond motifs is 5. The number of alkyl halides is 3. The minimum Gasteiger partial charge on any atom is -0.236 e. The molecule has 0 amide bonds. The van der Waals surface area contributed by atoms with E-state index < -0.39 is 11.7 Å². The Bertz CT molecular complexity index is 2130. The van der Waals surface area contributed by atoms with E-state index in [1.54, 1.807) is 36.5 Å². The molecule has 0 saturated carbocycles. The predicted molar refractivity (Wildman–Crippen MR) is 150 cm³/mol. The monoisotopic (exact) mass is 542 g/mol. The van der Waals surface area contributed by atoms with Crippen molar-refractivity contribution in [1.82, 2.24) is 19.9 Å². The SMILES string of the molecule is Cc1cc2c(cc1-c1ncc3ccccc3n1)C(=NC#N)c1cc(-c3ncc4ccccc4n3)c(C(F)(F)F)cc1-2. The van der Waals surface area contributed by atoms with Crippen LogP contribution in [0.25, 0.3) is 55.7 Å². The van der Waals surface area contributed by atoms with Gasteiger partial charge in [0.15, 0.2) is 11.6 Å². The van der Waals surface area contributed by atoms with Gasteiger partial charge in [0.1, 0.15) is 0 Å². The molecule has 196 valence electrons. The number of aromatic nitrogens is 4. The fraction of sp³-hybridized carbons (Fsp3) is 0.0625. The molecule has 0 aliphatic heterocycles. The fourth-order valence-corrected chi connectivity index (χ4v) is 5.32. The largest absolute Gasteiger partial charge is 0.417 e. The summed E-state index contributed by atoms with van der Waals surface area (Å²) >= 11 is 0. The second kappa shape index (κ2) is 9.03. The number of aryl methyl sites for hydroxylation is 1. The molecule has 0 radical (unpaired) electrons. The maximum Gasteiger partial charge on any atom is 0.417 e. The summed E-state index contributed by atoms with van der Waals surface area (Å²) in [6.07, 6.45) is 0.377. The molecule has 6 aromatic rings. The van der Waals surface area contributed by atoms with Crippen LogP contribution in [0.5, 0.6) is 0 Å². The van der Waals surface area contributed by atoms with E-state index in [1.165, 1.54) is 12.3 Å². The molecule has 2 heterocycles. The average Bonchev–Trinajstić information content (AvgIpc) is 3.26. The Labute approximate surface area is 231 Å². The van der Waals surface area contributed by atoms with E-state index in [4.69, 9.17) is 4.98 Å². The molecule has 6 nitrogen and oxygen atoms in total. The molecule has 0 N–H and O–H groups in total. The summed E-state index contributed by atoms with van der Waals surface area (Å²) < 4.78 is 43.4. The summed E-state index contributed by atoms with van der Waals surface area (Å²) in [6, 6.07) is 20.8. The van der Waals surface area contributed by atoms with Crippen LogP contribution in [0.2, 0.25) is 0 Å². The van der Waals surface area contributed by atoms with Gasteiger partial charge in [-0.3, -0.25) is 0 Å².